The molecule has 1 fully saturated rings. The molecule has 1 aliphatic carbocycles. The Morgan fingerprint density at radius 3 is 2.53 bits per heavy atom. The first-order chi connectivity index (χ1) is 8.19. The van der Waals surface area contributed by atoms with Gasteiger partial charge in [-0.2, -0.15) is 0 Å². The van der Waals surface area contributed by atoms with Crippen LogP contribution in [0.15, 0.2) is 0 Å². The normalized spacial score (nSPS) is 18.6. The molecule has 1 unspecified atom stereocenters. The fourth-order valence-electron chi connectivity index (χ4n) is 2.88. The van der Waals surface area contributed by atoms with E-state index in [1.165, 1.54) is 24.2 Å². The second-order valence-corrected chi connectivity index (χ2v) is 4.93. The first-order valence-corrected chi connectivity index (χ1v) is 6.61. The number of hydrogen-bond acceptors (Lipinski definition) is 2. The fraction of sp³-hybridized carbons (Fsp3) is 0.846. The van der Waals surface area contributed by atoms with Gasteiger partial charge in [0.1, 0.15) is 6.54 Å². The first kappa shape index (κ1) is 14.0. The number of aliphatic carboxylic acids is 1. The molecule has 0 heterocycles. The van der Waals surface area contributed by atoms with Crippen LogP contribution in [0.5, 0.6) is 0 Å². The minimum Gasteiger partial charge on any atom is -0.480 e. The van der Waals surface area contributed by atoms with Crippen LogP contribution in [0.3, 0.4) is 0 Å². The summed E-state index contributed by atoms with van der Waals surface area (Å²) < 4.78 is 0. The lowest BCUT2D eigenvalue weighted by atomic mass is 9.81. The van der Waals surface area contributed by atoms with Crippen LogP contribution >= 0.6 is 0 Å². The van der Waals surface area contributed by atoms with Crippen molar-refractivity contribution in [1.82, 2.24) is 4.90 Å². The molecule has 4 heteroatoms. The summed E-state index contributed by atoms with van der Waals surface area (Å²) in [5.74, 6) is -0.428. The Labute approximate surface area is 103 Å². The highest BCUT2D eigenvalue weighted by atomic mass is 16.4. The molecule has 0 aromatic heterocycles. The second-order valence-electron chi connectivity index (χ2n) is 4.93. The molecule has 4 nitrogen and oxygen atoms in total. The van der Waals surface area contributed by atoms with Crippen molar-refractivity contribution in [2.45, 2.75) is 57.9 Å². The zero-order valence-electron chi connectivity index (χ0n) is 10.6. The van der Waals surface area contributed by atoms with Gasteiger partial charge in [0.05, 0.1) is 0 Å². The molecule has 1 amide bonds. The van der Waals surface area contributed by atoms with Gasteiger partial charge in [-0.3, -0.25) is 9.59 Å². The average Bonchev–Trinajstić information content (AvgIpc) is 2.34. The Bertz CT molecular complexity index is 249. The Morgan fingerprint density at radius 1 is 1.41 bits per heavy atom. The largest absolute Gasteiger partial charge is 0.480 e. The molecule has 98 valence electrons. The first-order valence-electron chi connectivity index (χ1n) is 6.61. The fourth-order valence-corrected chi connectivity index (χ4v) is 2.88. The molecule has 1 aliphatic rings. The van der Waals surface area contributed by atoms with Gasteiger partial charge in [0.2, 0.25) is 6.41 Å². The van der Waals surface area contributed by atoms with Gasteiger partial charge >= 0.3 is 5.97 Å². The zero-order chi connectivity index (χ0) is 12.7. The second kappa shape index (κ2) is 7.30. The molecular formula is C13H23NO3. The molecular weight excluding hydrogens is 218 g/mol. The summed E-state index contributed by atoms with van der Waals surface area (Å²) in [6.45, 7) is 1.92. The molecule has 0 aromatic carbocycles. The van der Waals surface area contributed by atoms with E-state index in [9.17, 15) is 9.59 Å². The summed E-state index contributed by atoms with van der Waals surface area (Å²) in [6, 6.07) is 0.119. The van der Waals surface area contributed by atoms with E-state index >= 15 is 0 Å². The molecule has 0 aromatic rings. The van der Waals surface area contributed by atoms with Crippen molar-refractivity contribution >= 4 is 12.4 Å². The molecule has 0 bridgehead atoms. The third kappa shape index (κ3) is 4.36. The van der Waals surface area contributed by atoms with Gasteiger partial charge in [-0.15, -0.1) is 0 Å². The van der Waals surface area contributed by atoms with Crippen LogP contribution < -0.4 is 0 Å². The van der Waals surface area contributed by atoms with Crippen molar-refractivity contribution in [1.29, 1.82) is 0 Å². The van der Waals surface area contributed by atoms with Crippen molar-refractivity contribution < 1.29 is 14.7 Å². The van der Waals surface area contributed by atoms with Gasteiger partial charge in [0.15, 0.2) is 0 Å². The third-order valence-electron chi connectivity index (χ3n) is 3.66. The Kier molecular flexibility index (Phi) is 6.01. The van der Waals surface area contributed by atoms with E-state index in [2.05, 4.69) is 6.92 Å². The van der Waals surface area contributed by atoms with Crippen LogP contribution in [0.2, 0.25) is 0 Å². The molecule has 0 radical (unpaired) electrons. The number of carbonyl (C=O) groups excluding carboxylic acids is 1. The highest BCUT2D eigenvalue weighted by molar-refractivity contribution is 5.72. The standard InChI is InChI=1S/C13H23NO3/c1-2-6-12(11-7-4-3-5-8-11)14(10-15)9-13(16)17/h10-12H,2-9H2,1H3,(H,16,17). The molecule has 1 rings (SSSR count). The predicted molar refractivity (Wildman–Crippen MR) is 65.7 cm³/mol. The predicted octanol–water partition coefficient (Wildman–Crippen LogP) is 2.28. The molecule has 0 spiro atoms. The van der Waals surface area contributed by atoms with Crippen molar-refractivity contribution in [2.75, 3.05) is 6.54 Å². The van der Waals surface area contributed by atoms with Crippen molar-refractivity contribution in [3.8, 4) is 0 Å². The van der Waals surface area contributed by atoms with Crippen molar-refractivity contribution in [3.05, 3.63) is 0 Å². The molecule has 1 N–H and O–H groups in total. The number of hydrogen-bond donors (Lipinski definition) is 1. The van der Waals surface area contributed by atoms with Gasteiger partial charge in [0.25, 0.3) is 0 Å². The SMILES string of the molecule is CCCC(C1CCCCC1)N(C=O)CC(=O)O. The molecule has 0 saturated heterocycles. The van der Waals surface area contributed by atoms with Crippen LogP contribution in [-0.4, -0.2) is 35.0 Å². The molecule has 1 atom stereocenters. The summed E-state index contributed by atoms with van der Waals surface area (Å²) in [4.78, 5) is 23.3. The van der Waals surface area contributed by atoms with Crippen molar-refractivity contribution in [2.24, 2.45) is 5.92 Å². The van der Waals surface area contributed by atoms with Crippen LogP contribution in [0.25, 0.3) is 0 Å². The van der Waals surface area contributed by atoms with Crippen LogP contribution in [0, 0.1) is 5.92 Å². The molecule has 17 heavy (non-hydrogen) atoms. The van der Waals surface area contributed by atoms with Crippen LogP contribution in [0.1, 0.15) is 51.9 Å². The van der Waals surface area contributed by atoms with Gasteiger partial charge in [-0.05, 0) is 25.2 Å². The van der Waals surface area contributed by atoms with E-state index in [4.69, 9.17) is 5.11 Å². The van der Waals surface area contributed by atoms with E-state index in [-0.39, 0.29) is 12.6 Å². The van der Waals surface area contributed by atoms with E-state index in [1.807, 2.05) is 0 Å². The van der Waals surface area contributed by atoms with E-state index in [0.29, 0.717) is 12.3 Å². The lowest BCUT2D eigenvalue weighted by Gasteiger charge is -2.36. The highest BCUT2D eigenvalue weighted by Crippen LogP contribution is 2.30. The maximum Gasteiger partial charge on any atom is 0.323 e. The van der Waals surface area contributed by atoms with E-state index in [0.717, 1.165) is 25.7 Å². The Balaban J connectivity index is 2.66. The topological polar surface area (TPSA) is 57.6 Å². The van der Waals surface area contributed by atoms with Gasteiger partial charge in [0, 0.05) is 6.04 Å². The molecule has 1 saturated carbocycles. The summed E-state index contributed by atoms with van der Waals surface area (Å²) in [5.41, 5.74) is 0. The highest BCUT2D eigenvalue weighted by Gasteiger charge is 2.28. The van der Waals surface area contributed by atoms with E-state index < -0.39 is 5.97 Å². The maximum absolute atomic E-state index is 11.1. The average molecular weight is 241 g/mol. The van der Waals surface area contributed by atoms with Gasteiger partial charge in [-0.25, -0.2) is 0 Å². The number of carboxylic acids is 1. The maximum atomic E-state index is 11.1. The quantitative estimate of drug-likeness (QED) is 0.696. The minimum atomic E-state index is -0.922. The number of amides is 1. The minimum absolute atomic E-state index is 0.119. The number of carboxylic acid groups (broad SMARTS) is 1. The Hall–Kier alpha value is -1.06. The summed E-state index contributed by atoms with van der Waals surface area (Å²) in [6.07, 6.45) is 8.58. The summed E-state index contributed by atoms with van der Waals surface area (Å²) in [7, 11) is 0. The van der Waals surface area contributed by atoms with Crippen LogP contribution in [0.4, 0.5) is 0 Å². The lowest BCUT2D eigenvalue weighted by molar-refractivity contribution is -0.142. The number of rotatable bonds is 7. The van der Waals surface area contributed by atoms with Crippen LogP contribution in [-0.2, 0) is 9.59 Å². The summed E-state index contributed by atoms with van der Waals surface area (Å²) >= 11 is 0. The molecule has 0 aliphatic heterocycles. The Morgan fingerprint density at radius 2 is 2.06 bits per heavy atom. The smallest absolute Gasteiger partial charge is 0.323 e. The van der Waals surface area contributed by atoms with Crippen molar-refractivity contribution in [3.63, 3.8) is 0 Å². The lowest BCUT2D eigenvalue weighted by Crippen LogP contribution is -2.43. The number of carbonyl (C=O) groups is 2. The zero-order valence-corrected chi connectivity index (χ0v) is 10.6. The van der Waals surface area contributed by atoms with Gasteiger partial charge < -0.3 is 10.0 Å². The van der Waals surface area contributed by atoms with Gasteiger partial charge in [-0.1, -0.05) is 32.6 Å². The summed E-state index contributed by atoms with van der Waals surface area (Å²) in [5, 5.41) is 8.83. The van der Waals surface area contributed by atoms with E-state index in [1.54, 1.807) is 0 Å². The third-order valence-corrected chi connectivity index (χ3v) is 3.66. The number of nitrogens with zero attached hydrogens (tertiary/aromatic N) is 1. The monoisotopic (exact) mass is 241 g/mol.